The van der Waals surface area contributed by atoms with Gasteiger partial charge < -0.3 is 0 Å². The molecule has 0 aliphatic carbocycles. The Kier molecular flexibility index (Phi) is 4.22. The van der Waals surface area contributed by atoms with Gasteiger partial charge in [0, 0.05) is 21.4 Å². The molecule has 0 fully saturated rings. The van der Waals surface area contributed by atoms with Gasteiger partial charge in [-0.1, -0.05) is 20.8 Å². The average Bonchev–Trinajstić information content (AvgIpc) is 2.82. The third-order valence-corrected chi connectivity index (χ3v) is 5.34. The molecule has 0 aliphatic heterocycles. The maximum absolute atomic E-state index is 13.9. The Bertz CT molecular complexity index is 626. The minimum atomic E-state index is -0.598. The number of rotatable bonds is 2. The number of hydrogen-bond donors (Lipinski definition) is 0. The highest BCUT2D eigenvalue weighted by Crippen LogP contribution is 2.39. The number of aryl methyl sites for hydroxylation is 1. The first-order valence-electron chi connectivity index (χ1n) is 6.40. The van der Waals surface area contributed by atoms with Crippen molar-refractivity contribution in [3.63, 3.8) is 0 Å². The SMILES string of the molecule is Cc1cc(C(Cl)c2ccc(C(C)(C)C)s2)c(F)cc1F. The molecule has 0 spiro atoms. The zero-order valence-corrected chi connectivity index (χ0v) is 13.5. The van der Waals surface area contributed by atoms with Gasteiger partial charge in [-0.15, -0.1) is 22.9 Å². The van der Waals surface area contributed by atoms with E-state index >= 15 is 0 Å². The lowest BCUT2D eigenvalue weighted by atomic mass is 9.95. The minimum Gasteiger partial charge on any atom is -0.207 e. The lowest BCUT2D eigenvalue weighted by Crippen LogP contribution is -2.07. The van der Waals surface area contributed by atoms with Crippen LogP contribution in [0.1, 0.15) is 47.0 Å². The molecule has 0 saturated heterocycles. The van der Waals surface area contributed by atoms with Crippen LogP contribution in [0, 0.1) is 18.6 Å². The van der Waals surface area contributed by atoms with Gasteiger partial charge in [-0.3, -0.25) is 0 Å². The molecule has 0 amide bonds. The standard InChI is InChI=1S/C16H17ClF2S/c1-9-7-10(12(19)8-11(9)18)15(17)13-5-6-14(20-13)16(2,3)4/h5-8,15H,1-4H3. The van der Waals surface area contributed by atoms with E-state index in [9.17, 15) is 8.78 Å². The number of thiophene rings is 1. The Morgan fingerprint density at radius 1 is 1.10 bits per heavy atom. The molecule has 1 unspecified atom stereocenters. The van der Waals surface area contributed by atoms with Gasteiger partial charge in [-0.2, -0.15) is 0 Å². The number of halogens is 3. The molecular formula is C16H17ClF2S. The molecule has 0 radical (unpaired) electrons. The van der Waals surface area contributed by atoms with Crippen molar-refractivity contribution in [2.75, 3.05) is 0 Å². The van der Waals surface area contributed by atoms with Crippen molar-refractivity contribution in [2.24, 2.45) is 0 Å². The van der Waals surface area contributed by atoms with Crippen molar-refractivity contribution < 1.29 is 8.78 Å². The van der Waals surface area contributed by atoms with E-state index in [0.29, 0.717) is 11.1 Å². The second-order valence-electron chi connectivity index (χ2n) is 5.94. The Morgan fingerprint density at radius 2 is 1.75 bits per heavy atom. The third kappa shape index (κ3) is 3.04. The molecule has 0 aliphatic rings. The van der Waals surface area contributed by atoms with E-state index in [1.165, 1.54) is 10.9 Å². The molecule has 1 aromatic heterocycles. The van der Waals surface area contributed by atoms with E-state index in [1.807, 2.05) is 12.1 Å². The van der Waals surface area contributed by atoms with Crippen LogP contribution < -0.4 is 0 Å². The zero-order valence-electron chi connectivity index (χ0n) is 11.9. The highest BCUT2D eigenvalue weighted by atomic mass is 35.5. The van der Waals surface area contributed by atoms with Crippen molar-refractivity contribution in [3.8, 4) is 0 Å². The normalized spacial score (nSPS) is 13.6. The summed E-state index contributed by atoms with van der Waals surface area (Å²) >= 11 is 7.94. The summed E-state index contributed by atoms with van der Waals surface area (Å²) in [6.45, 7) is 7.97. The zero-order chi connectivity index (χ0) is 15.1. The first kappa shape index (κ1) is 15.5. The molecule has 20 heavy (non-hydrogen) atoms. The molecule has 0 nitrogen and oxygen atoms in total. The van der Waals surface area contributed by atoms with Gasteiger partial charge in [-0.05, 0) is 36.1 Å². The molecule has 2 rings (SSSR count). The molecule has 1 atom stereocenters. The van der Waals surface area contributed by atoms with Crippen molar-refractivity contribution >= 4 is 22.9 Å². The summed E-state index contributed by atoms with van der Waals surface area (Å²) in [7, 11) is 0. The predicted molar refractivity (Wildman–Crippen MR) is 81.8 cm³/mol. The van der Waals surface area contributed by atoms with Gasteiger partial charge in [0.05, 0.1) is 5.38 Å². The van der Waals surface area contributed by atoms with E-state index in [-0.39, 0.29) is 5.41 Å². The maximum atomic E-state index is 13.9. The first-order chi connectivity index (χ1) is 9.20. The maximum Gasteiger partial charge on any atom is 0.131 e. The predicted octanol–water partition coefficient (Wildman–Crippen LogP) is 5.96. The van der Waals surface area contributed by atoms with Crippen LogP contribution >= 0.6 is 22.9 Å². The lowest BCUT2D eigenvalue weighted by molar-refractivity contribution is 0.568. The van der Waals surface area contributed by atoms with Crippen LogP contribution in [0.5, 0.6) is 0 Å². The van der Waals surface area contributed by atoms with Crippen LogP contribution in [0.15, 0.2) is 24.3 Å². The molecule has 1 heterocycles. The van der Waals surface area contributed by atoms with Crippen LogP contribution in [0.3, 0.4) is 0 Å². The summed E-state index contributed by atoms with van der Waals surface area (Å²) in [5.74, 6) is -1.14. The van der Waals surface area contributed by atoms with Crippen molar-refractivity contribution in [1.82, 2.24) is 0 Å². The van der Waals surface area contributed by atoms with Crippen molar-refractivity contribution in [1.29, 1.82) is 0 Å². The quantitative estimate of drug-likeness (QED) is 0.600. The summed E-state index contributed by atoms with van der Waals surface area (Å²) in [4.78, 5) is 2.07. The summed E-state index contributed by atoms with van der Waals surface area (Å²) < 4.78 is 27.2. The van der Waals surface area contributed by atoms with E-state index in [4.69, 9.17) is 11.6 Å². The first-order valence-corrected chi connectivity index (χ1v) is 7.65. The minimum absolute atomic E-state index is 0.0385. The number of hydrogen-bond acceptors (Lipinski definition) is 1. The molecule has 2 aromatic rings. The fourth-order valence-electron chi connectivity index (χ4n) is 1.92. The van der Waals surface area contributed by atoms with Gasteiger partial charge in [0.15, 0.2) is 0 Å². The number of benzene rings is 1. The van der Waals surface area contributed by atoms with E-state index < -0.39 is 17.0 Å². The highest BCUT2D eigenvalue weighted by molar-refractivity contribution is 7.12. The Labute approximate surface area is 127 Å². The molecular weight excluding hydrogens is 298 g/mol. The summed E-state index contributed by atoms with van der Waals surface area (Å²) in [6.07, 6.45) is 0. The van der Waals surface area contributed by atoms with Crippen LogP contribution in [0.2, 0.25) is 0 Å². The summed E-state index contributed by atoms with van der Waals surface area (Å²) in [5.41, 5.74) is 0.768. The van der Waals surface area contributed by atoms with Crippen LogP contribution in [-0.2, 0) is 5.41 Å². The Balaban J connectivity index is 2.39. The molecule has 1 aromatic carbocycles. The summed E-state index contributed by atoms with van der Waals surface area (Å²) in [5, 5.41) is -0.588. The van der Waals surface area contributed by atoms with Crippen LogP contribution in [-0.4, -0.2) is 0 Å². The van der Waals surface area contributed by atoms with E-state index in [1.54, 1.807) is 18.3 Å². The Morgan fingerprint density at radius 3 is 2.30 bits per heavy atom. The molecule has 0 saturated carbocycles. The molecule has 108 valence electrons. The number of alkyl halides is 1. The average molecular weight is 315 g/mol. The third-order valence-electron chi connectivity index (χ3n) is 3.17. The van der Waals surface area contributed by atoms with Crippen LogP contribution in [0.25, 0.3) is 0 Å². The largest absolute Gasteiger partial charge is 0.207 e. The van der Waals surface area contributed by atoms with Gasteiger partial charge in [-0.25, -0.2) is 8.78 Å². The summed E-state index contributed by atoms with van der Waals surface area (Å²) in [6, 6.07) is 6.32. The molecule has 0 bridgehead atoms. The fraction of sp³-hybridized carbons (Fsp3) is 0.375. The Hall–Kier alpha value is -0.930. The molecule has 4 heteroatoms. The second kappa shape index (κ2) is 5.45. The smallest absolute Gasteiger partial charge is 0.131 e. The van der Waals surface area contributed by atoms with E-state index in [0.717, 1.165) is 10.9 Å². The van der Waals surface area contributed by atoms with Crippen molar-refractivity contribution in [2.45, 2.75) is 38.5 Å². The van der Waals surface area contributed by atoms with Gasteiger partial charge >= 0.3 is 0 Å². The molecule has 0 N–H and O–H groups in total. The monoisotopic (exact) mass is 314 g/mol. The fourth-order valence-corrected chi connectivity index (χ4v) is 3.36. The van der Waals surface area contributed by atoms with E-state index in [2.05, 4.69) is 20.8 Å². The van der Waals surface area contributed by atoms with Gasteiger partial charge in [0.2, 0.25) is 0 Å². The topological polar surface area (TPSA) is 0 Å². The van der Waals surface area contributed by atoms with Crippen molar-refractivity contribution in [3.05, 3.63) is 56.8 Å². The van der Waals surface area contributed by atoms with Gasteiger partial charge in [0.25, 0.3) is 0 Å². The second-order valence-corrected chi connectivity index (χ2v) is 7.49. The lowest BCUT2D eigenvalue weighted by Gasteiger charge is -2.16. The highest BCUT2D eigenvalue weighted by Gasteiger charge is 2.22. The van der Waals surface area contributed by atoms with Gasteiger partial charge in [0.1, 0.15) is 11.6 Å². The van der Waals surface area contributed by atoms with Crippen LogP contribution in [0.4, 0.5) is 8.78 Å².